The lowest BCUT2D eigenvalue weighted by atomic mass is 10.1. The highest BCUT2D eigenvalue weighted by Crippen LogP contribution is 2.35. The van der Waals surface area contributed by atoms with E-state index in [1.165, 1.54) is 18.2 Å². The van der Waals surface area contributed by atoms with Crippen LogP contribution >= 0.6 is 23.4 Å². The summed E-state index contributed by atoms with van der Waals surface area (Å²) in [5, 5.41) is 8.39. The average Bonchev–Trinajstić information content (AvgIpc) is 2.90. The van der Waals surface area contributed by atoms with Gasteiger partial charge in [-0.1, -0.05) is 35.9 Å². The van der Waals surface area contributed by atoms with E-state index in [1.54, 1.807) is 24.3 Å². The molecule has 0 bridgehead atoms. The molecule has 2 aromatic rings. The molecule has 1 fully saturated rings. The number of benzene rings is 2. The first kappa shape index (κ1) is 19.9. The molecule has 0 atom stereocenters. The Morgan fingerprint density at radius 1 is 1.25 bits per heavy atom. The van der Waals surface area contributed by atoms with E-state index >= 15 is 0 Å². The van der Waals surface area contributed by atoms with E-state index in [9.17, 15) is 18.8 Å². The fourth-order valence-corrected chi connectivity index (χ4v) is 3.52. The van der Waals surface area contributed by atoms with Crippen molar-refractivity contribution in [2.24, 2.45) is 0 Å². The summed E-state index contributed by atoms with van der Waals surface area (Å²) in [6, 6.07) is 10.3. The quantitative estimate of drug-likeness (QED) is 0.704. The minimum Gasteiger partial charge on any atom is -0.481 e. The summed E-state index contributed by atoms with van der Waals surface area (Å²) in [6.45, 7) is -0.617. The molecule has 0 spiro atoms. The van der Waals surface area contributed by atoms with Gasteiger partial charge in [0, 0.05) is 10.6 Å². The average molecular weight is 422 g/mol. The van der Waals surface area contributed by atoms with Gasteiger partial charge in [0.05, 0.1) is 11.4 Å². The Morgan fingerprint density at radius 3 is 2.71 bits per heavy atom. The van der Waals surface area contributed by atoms with Crippen LogP contribution in [0.5, 0.6) is 5.75 Å². The van der Waals surface area contributed by atoms with Crippen LogP contribution in [0.1, 0.15) is 11.1 Å². The summed E-state index contributed by atoms with van der Waals surface area (Å²) in [7, 11) is 0. The summed E-state index contributed by atoms with van der Waals surface area (Å²) in [6.07, 6.45) is 1.47. The standard InChI is InChI=1S/C19H13ClFNO5S/c20-14-8-13(21)6-5-12(14)9-22-18(25)16(28-19(22)26)7-11-3-1-2-4-15(11)27-10-17(23)24/h1-8H,9-10H2,(H,23,24)/b16-7-. The largest absolute Gasteiger partial charge is 0.481 e. The van der Waals surface area contributed by atoms with E-state index in [1.807, 2.05) is 0 Å². The Bertz CT molecular complexity index is 994. The minimum atomic E-state index is -1.13. The monoisotopic (exact) mass is 421 g/mol. The van der Waals surface area contributed by atoms with Crippen molar-refractivity contribution in [1.82, 2.24) is 4.90 Å². The van der Waals surface area contributed by atoms with E-state index < -0.39 is 29.5 Å². The van der Waals surface area contributed by atoms with Crippen LogP contribution in [0.4, 0.5) is 9.18 Å². The zero-order valence-corrected chi connectivity index (χ0v) is 15.8. The minimum absolute atomic E-state index is 0.0850. The summed E-state index contributed by atoms with van der Waals surface area (Å²) < 4.78 is 18.4. The summed E-state index contributed by atoms with van der Waals surface area (Å²) in [4.78, 5) is 36.8. The van der Waals surface area contributed by atoms with Crippen molar-refractivity contribution in [2.75, 3.05) is 6.61 Å². The molecule has 1 N–H and O–H groups in total. The molecular formula is C19H13ClFNO5S. The number of nitrogens with zero attached hydrogens (tertiary/aromatic N) is 1. The first-order chi connectivity index (χ1) is 13.3. The number of amides is 2. The highest BCUT2D eigenvalue weighted by Gasteiger charge is 2.35. The van der Waals surface area contributed by atoms with Gasteiger partial charge in [0.15, 0.2) is 6.61 Å². The molecule has 144 valence electrons. The summed E-state index contributed by atoms with van der Waals surface area (Å²) in [5.74, 6) is -1.89. The maximum atomic E-state index is 13.2. The molecule has 0 aromatic heterocycles. The predicted molar refractivity (Wildman–Crippen MR) is 102 cm³/mol. The third-order valence-electron chi connectivity index (χ3n) is 3.77. The van der Waals surface area contributed by atoms with Crippen molar-refractivity contribution in [3.8, 4) is 5.75 Å². The van der Waals surface area contributed by atoms with Gasteiger partial charge in [0.25, 0.3) is 11.1 Å². The molecule has 28 heavy (non-hydrogen) atoms. The van der Waals surface area contributed by atoms with E-state index in [0.717, 1.165) is 22.7 Å². The van der Waals surface area contributed by atoms with Crippen LogP contribution in [0.15, 0.2) is 47.4 Å². The SMILES string of the molecule is O=C(O)COc1ccccc1/C=C1\SC(=O)N(Cc2ccc(F)cc2Cl)C1=O. The van der Waals surface area contributed by atoms with Crippen LogP contribution in [0.3, 0.4) is 0 Å². The van der Waals surface area contributed by atoms with E-state index in [2.05, 4.69) is 0 Å². The first-order valence-corrected chi connectivity index (χ1v) is 9.17. The zero-order chi connectivity index (χ0) is 20.3. The lowest BCUT2D eigenvalue weighted by molar-refractivity contribution is -0.139. The lowest BCUT2D eigenvalue weighted by Crippen LogP contribution is -2.27. The predicted octanol–water partition coefficient (Wildman–Crippen LogP) is 4.18. The fraction of sp³-hybridized carbons (Fsp3) is 0.105. The fourth-order valence-electron chi connectivity index (χ4n) is 2.47. The number of rotatable bonds is 6. The second-order valence-electron chi connectivity index (χ2n) is 5.72. The topological polar surface area (TPSA) is 83.9 Å². The second kappa shape index (κ2) is 8.45. The molecule has 0 saturated carbocycles. The number of carboxylic acid groups (broad SMARTS) is 1. The number of para-hydroxylation sites is 1. The van der Waals surface area contributed by atoms with Gasteiger partial charge >= 0.3 is 5.97 Å². The van der Waals surface area contributed by atoms with E-state index in [-0.39, 0.29) is 22.2 Å². The third-order valence-corrected chi connectivity index (χ3v) is 5.03. The first-order valence-electron chi connectivity index (χ1n) is 7.98. The van der Waals surface area contributed by atoms with Crippen molar-refractivity contribution in [3.05, 3.63) is 69.3 Å². The molecule has 1 aliphatic rings. The Morgan fingerprint density at radius 2 is 2.00 bits per heavy atom. The van der Waals surface area contributed by atoms with Gasteiger partial charge in [-0.2, -0.15) is 0 Å². The van der Waals surface area contributed by atoms with Crippen LogP contribution in [0.25, 0.3) is 6.08 Å². The number of carbonyl (C=O) groups is 3. The third kappa shape index (κ3) is 4.52. The number of carboxylic acids is 1. The molecule has 1 aliphatic heterocycles. The molecule has 1 saturated heterocycles. The molecule has 6 nitrogen and oxygen atoms in total. The molecule has 2 amide bonds. The number of carbonyl (C=O) groups excluding carboxylic acids is 2. The number of aliphatic carboxylic acids is 1. The van der Waals surface area contributed by atoms with Crippen LogP contribution in [-0.2, 0) is 16.1 Å². The van der Waals surface area contributed by atoms with Crippen molar-refractivity contribution in [2.45, 2.75) is 6.54 Å². The van der Waals surface area contributed by atoms with Gasteiger partial charge in [-0.15, -0.1) is 0 Å². The number of ether oxygens (including phenoxy) is 1. The molecule has 9 heteroatoms. The Kier molecular flexibility index (Phi) is 6.01. The van der Waals surface area contributed by atoms with Gasteiger partial charge < -0.3 is 9.84 Å². The highest BCUT2D eigenvalue weighted by molar-refractivity contribution is 8.18. The number of hydrogen-bond donors (Lipinski definition) is 1. The van der Waals surface area contributed by atoms with Gasteiger partial charge in [0.1, 0.15) is 11.6 Å². The van der Waals surface area contributed by atoms with E-state index in [0.29, 0.717) is 11.1 Å². The molecule has 0 radical (unpaired) electrons. The molecule has 3 rings (SSSR count). The zero-order valence-electron chi connectivity index (χ0n) is 14.2. The van der Waals surface area contributed by atoms with Crippen LogP contribution < -0.4 is 4.74 Å². The van der Waals surface area contributed by atoms with Crippen molar-refractivity contribution in [3.63, 3.8) is 0 Å². The highest BCUT2D eigenvalue weighted by atomic mass is 35.5. The van der Waals surface area contributed by atoms with Crippen LogP contribution in [0, 0.1) is 5.82 Å². The maximum Gasteiger partial charge on any atom is 0.341 e. The number of hydrogen-bond acceptors (Lipinski definition) is 5. The lowest BCUT2D eigenvalue weighted by Gasteiger charge is -2.13. The smallest absolute Gasteiger partial charge is 0.341 e. The van der Waals surface area contributed by atoms with Gasteiger partial charge in [-0.05, 0) is 41.6 Å². The van der Waals surface area contributed by atoms with Gasteiger partial charge in [-0.25, -0.2) is 9.18 Å². The number of halogens is 2. The normalized spacial score (nSPS) is 15.4. The maximum absolute atomic E-state index is 13.2. The second-order valence-corrected chi connectivity index (χ2v) is 7.12. The molecule has 0 aliphatic carbocycles. The number of imide groups is 1. The van der Waals surface area contributed by atoms with E-state index in [4.69, 9.17) is 21.4 Å². The van der Waals surface area contributed by atoms with Crippen LogP contribution in [-0.4, -0.2) is 33.7 Å². The Labute approximate surface area is 168 Å². The Hall–Kier alpha value is -2.84. The number of thioether (sulfide) groups is 1. The van der Waals surface area contributed by atoms with Gasteiger partial charge in [-0.3, -0.25) is 14.5 Å². The van der Waals surface area contributed by atoms with Crippen molar-refractivity contribution < 1.29 is 28.6 Å². The summed E-state index contributed by atoms with van der Waals surface area (Å²) >= 11 is 6.72. The van der Waals surface area contributed by atoms with Crippen molar-refractivity contribution >= 4 is 46.6 Å². The molecule has 0 unspecified atom stereocenters. The van der Waals surface area contributed by atoms with Crippen molar-refractivity contribution in [1.29, 1.82) is 0 Å². The summed E-state index contributed by atoms with van der Waals surface area (Å²) in [5.41, 5.74) is 0.908. The molecular weight excluding hydrogens is 409 g/mol. The molecule has 2 aromatic carbocycles. The molecule has 1 heterocycles. The van der Waals surface area contributed by atoms with Crippen LogP contribution in [0.2, 0.25) is 5.02 Å². The Balaban J connectivity index is 1.82. The van der Waals surface area contributed by atoms with Gasteiger partial charge in [0.2, 0.25) is 0 Å².